The predicted octanol–water partition coefficient (Wildman–Crippen LogP) is 3.52. The van der Waals surface area contributed by atoms with E-state index < -0.39 is 0 Å². The number of imidazole rings is 1. The first-order valence-corrected chi connectivity index (χ1v) is 10.3. The Morgan fingerprint density at radius 3 is 3.04 bits per heavy atom. The molecule has 144 valence electrons. The molecule has 0 saturated carbocycles. The maximum atomic E-state index is 12.7. The number of hydrogen-bond acceptors (Lipinski definition) is 5. The normalized spacial score (nSPS) is 13.0. The fraction of sp³-hybridized carbons (Fsp3) is 0.211. The van der Waals surface area contributed by atoms with Gasteiger partial charge in [-0.25, -0.2) is 4.98 Å². The molecule has 1 aliphatic heterocycles. The summed E-state index contributed by atoms with van der Waals surface area (Å²) in [6, 6.07) is 10.9. The Kier molecular flexibility index (Phi) is 5.15. The smallest absolute Gasteiger partial charge is 0.262 e. The van der Waals surface area contributed by atoms with Crippen LogP contribution in [-0.2, 0) is 21.9 Å². The number of ether oxygens (including phenoxy) is 1. The lowest BCUT2D eigenvalue weighted by Crippen LogP contribution is -2.26. The second-order valence-electron chi connectivity index (χ2n) is 6.25. The fourth-order valence-electron chi connectivity index (χ4n) is 3.07. The average molecular weight is 417 g/mol. The summed E-state index contributed by atoms with van der Waals surface area (Å²) >= 11 is 7.91. The molecule has 2 N–H and O–H groups in total. The van der Waals surface area contributed by atoms with Crippen LogP contribution in [0.1, 0.15) is 5.82 Å². The SMILES string of the molecule is CSCc1nc2ccccc2n1CC(=O)Nc1cc2c(cc1Cl)NC(=O)CO2. The molecule has 0 radical (unpaired) electrons. The predicted molar refractivity (Wildman–Crippen MR) is 111 cm³/mol. The van der Waals surface area contributed by atoms with Crippen molar-refractivity contribution < 1.29 is 14.3 Å². The third kappa shape index (κ3) is 3.65. The van der Waals surface area contributed by atoms with Gasteiger partial charge in [0, 0.05) is 6.07 Å². The highest BCUT2D eigenvalue weighted by molar-refractivity contribution is 7.97. The Morgan fingerprint density at radius 2 is 2.21 bits per heavy atom. The molecule has 0 atom stereocenters. The third-order valence-electron chi connectivity index (χ3n) is 4.28. The van der Waals surface area contributed by atoms with E-state index in [0.29, 0.717) is 27.9 Å². The second kappa shape index (κ2) is 7.73. The van der Waals surface area contributed by atoms with Crippen LogP contribution < -0.4 is 15.4 Å². The van der Waals surface area contributed by atoms with E-state index in [0.717, 1.165) is 16.9 Å². The van der Waals surface area contributed by atoms with Gasteiger partial charge in [-0.3, -0.25) is 9.59 Å². The van der Waals surface area contributed by atoms with Crippen LogP contribution >= 0.6 is 23.4 Å². The summed E-state index contributed by atoms with van der Waals surface area (Å²) in [7, 11) is 0. The molecule has 2 aromatic carbocycles. The monoisotopic (exact) mass is 416 g/mol. The van der Waals surface area contributed by atoms with Gasteiger partial charge in [0.25, 0.3) is 5.91 Å². The van der Waals surface area contributed by atoms with Gasteiger partial charge >= 0.3 is 0 Å². The minimum absolute atomic E-state index is 0.0684. The highest BCUT2D eigenvalue weighted by atomic mass is 35.5. The van der Waals surface area contributed by atoms with Gasteiger partial charge in [0.1, 0.15) is 18.1 Å². The molecule has 1 aromatic heterocycles. The largest absolute Gasteiger partial charge is 0.482 e. The van der Waals surface area contributed by atoms with E-state index >= 15 is 0 Å². The summed E-state index contributed by atoms with van der Waals surface area (Å²) < 4.78 is 7.29. The summed E-state index contributed by atoms with van der Waals surface area (Å²) in [6.07, 6.45) is 2.00. The molecule has 7 nitrogen and oxygen atoms in total. The van der Waals surface area contributed by atoms with Crippen molar-refractivity contribution in [2.45, 2.75) is 12.3 Å². The number of aromatic nitrogens is 2. The Morgan fingerprint density at radius 1 is 1.39 bits per heavy atom. The first-order chi connectivity index (χ1) is 13.5. The molecule has 2 heterocycles. The minimum Gasteiger partial charge on any atom is -0.482 e. The van der Waals surface area contributed by atoms with Crippen molar-refractivity contribution in [1.29, 1.82) is 0 Å². The van der Waals surface area contributed by atoms with Crippen LogP contribution in [0.15, 0.2) is 36.4 Å². The van der Waals surface area contributed by atoms with Gasteiger partial charge in [0.2, 0.25) is 5.91 Å². The van der Waals surface area contributed by atoms with Crippen molar-refractivity contribution in [3.8, 4) is 5.75 Å². The molecule has 9 heteroatoms. The van der Waals surface area contributed by atoms with E-state index in [1.807, 2.05) is 35.1 Å². The summed E-state index contributed by atoms with van der Waals surface area (Å²) in [5.74, 6) is 1.54. The molecule has 1 aliphatic rings. The van der Waals surface area contributed by atoms with E-state index in [2.05, 4.69) is 15.6 Å². The number of amides is 2. The fourth-order valence-corrected chi connectivity index (χ4v) is 3.76. The van der Waals surface area contributed by atoms with Gasteiger partial charge in [-0.05, 0) is 24.5 Å². The first kappa shape index (κ1) is 18.6. The number of rotatable bonds is 5. The van der Waals surface area contributed by atoms with Crippen LogP contribution in [0.25, 0.3) is 11.0 Å². The lowest BCUT2D eigenvalue weighted by Gasteiger charge is -2.19. The maximum absolute atomic E-state index is 12.7. The molecule has 0 unspecified atom stereocenters. The van der Waals surface area contributed by atoms with E-state index in [4.69, 9.17) is 16.3 Å². The van der Waals surface area contributed by atoms with Crippen LogP contribution in [0.3, 0.4) is 0 Å². The van der Waals surface area contributed by atoms with Gasteiger partial charge in [-0.2, -0.15) is 11.8 Å². The summed E-state index contributed by atoms with van der Waals surface area (Å²) in [5, 5.41) is 5.83. The number of fused-ring (bicyclic) bond motifs is 2. The molecule has 0 aliphatic carbocycles. The van der Waals surface area contributed by atoms with E-state index in [1.54, 1.807) is 23.9 Å². The molecule has 0 fully saturated rings. The van der Waals surface area contributed by atoms with Gasteiger partial charge in [-0.15, -0.1) is 0 Å². The van der Waals surface area contributed by atoms with Crippen molar-refractivity contribution in [2.24, 2.45) is 0 Å². The number of halogens is 1. The molecule has 2 amide bonds. The molecule has 0 bridgehead atoms. The standard InChI is InChI=1S/C19H17ClN4O3S/c1-28-10-17-21-12-4-2-3-5-15(12)24(17)8-18(25)22-13-7-16-14(6-11(13)20)23-19(26)9-27-16/h2-7H,8-10H2,1H3,(H,22,25)(H,23,26). The van der Waals surface area contributed by atoms with Crippen molar-refractivity contribution in [3.05, 3.63) is 47.2 Å². The third-order valence-corrected chi connectivity index (χ3v) is 5.14. The lowest BCUT2D eigenvalue weighted by molar-refractivity contribution is -0.119. The molecule has 0 spiro atoms. The number of thioether (sulfide) groups is 1. The number of nitrogens with one attached hydrogen (secondary N) is 2. The van der Waals surface area contributed by atoms with Gasteiger partial charge in [0.15, 0.2) is 6.61 Å². The Hall–Kier alpha value is -2.71. The maximum Gasteiger partial charge on any atom is 0.262 e. The molecule has 4 rings (SSSR count). The number of para-hydroxylation sites is 2. The Balaban J connectivity index is 1.58. The number of carbonyl (C=O) groups is 2. The lowest BCUT2D eigenvalue weighted by atomic mass is 10.2. The minimum atomic E-state index is -0.242. The molecular formula is C19H17ClN4O3S. The number of benzene rings is 2. The van der Waals surface area contributed by atoms with Crippen LogP contribution in [-0.4, -0.2) is 34.2 Å². The van der Waals surface area contributed by atoms with Crippen LogP contribution in [0.4, 0.5) is 11.4 Å². The van der Waals surface area contributed by atoms with Gasteiger partial charge in [0.05, 0.1) is 33.2 Å². The van der Waals surface area contributed by atoms with Gasteiger partial charge in [-0.1, -0.05) is 23.7 Å². The van der Waals surface area contributed by atoms with E-state index in [1.165, 1.54) is 0 Å². The number of hydrogen-bond donors (Lipinski definition) is 2. The summed E-state index contributed by atoms with van der Waals surface area (Å²) in [6.45, 7) is 0.0441. The van der Waals surface area contributed by atoms with E-state index in [-0.39, 0.29) is 25.0 Å². The van der Waals surface area contributed by atoms with Crippen LogP contribution in [0.2, 0.25) is 5.02 Å². The highest BCUT2D eigenvalue weighted by Crippen LogP contribution is 2.36. The number of anilines is 2. The molecule has 3 aromatic rings. The molecule has 28 heavy (non-hydrogen) atoms. The summed E-state index contributed by atoms with van der Waals surface area (Å²) in [5.41, 5.74) is 2.68. The number of carbonyl (C=O) groups excluding carboxylic acids is 2. The Bertz CT molecular complexity index is 1080. The topological polar surface area (TPSA) is 85.3 Å². The zero-order valence-corrected chi connectivity index (χ0v) is 16.6. The Labute approximate surface area is 170 Å². The zero-order chi connectivity index (χ0) is 19.7. The van der Waals surface area contributed by atoms with Gasteiger partial charge < -0.3 is 19.9 Å². The second-order valence-corrected chi connectivity index (χ2v) is 7.52. The van der Waals surface area contributed by atoms with Crippen molar-refractivity contribution in [3.63, 3.8) is 0 Å². The number of nitrogens with zero attached hydrogens (tertiary/aromatic N) is 2. The zero-order valence-electron chi connectivity index (χ0n) is 15.0. The molecular weight excluding hydrogens is 400 g/mol. The molecule has 0 saturated heterocycles. The first-order valence-electron chi connectivity index (χ1n) is 8.54. The van der Waals surface area contributed by atoms with Crippen LogP contribution in [0, 0.1) is 0 Å². The average Bonchev–Trinajstić information content (AvgIpc) is 3.00. The van der Waals surface area contributed by atoms with Crippen molar-refractivity contribution in [2.75, 3.05) is 23.5 Å². The summed E-state index contributed by atoms with van der Waals surface area (Å²) in [4.78, 5) is 28.7. The van der Waals surface area contributed by atoms with E-state index in [9.17, 15) is 9.59 Å². The van der Waals surface area contributed by atoms with Crippen molar-refractivity contribution >= 4 is 57.6 Å². The quantitative estimate of drug-likeness (QED) is 0.664. The van der Waals surface area contributed by atoms with Crippen molar-refractivity contribution in [1.82, 2.24) is 9.55 Å². The van der Waals surface area contributed by atoms with Crippen LogP contribution in [0.5, 0.6) is 5.75 Å². The highest BCUT2D eigenvalue weighted by Gasteiger charge is 2.20.